The molecule has 152 valence electrons. The monoisotopic (exact) mass is 385 g/mol. The third-order valence-corrected chi connectivity index (χ3v) is 9.50. The van der Waals surface area contributed by atoms with Crippen LogP contribution in [0.25, 0.3) is 0 Å². The highest BCUT2D eigenvalue weighted by Gasteiger charge is 2.83. The summed E-state index contributed by atoms with van der Waals surface area (Å²) in [5.41, 5.74) is -0.367. The van der Waals surface area contributed by atoms with Crippen LogP contribution in [0.5, 0.6) is 0 Å². The van der Waals surface area contributed by atoms with Crippen LogP contribution in [-0.2, 0) is 14.3 Å². The number of carbonyl (C=O) groups is 1. The van der Waals surface area contributed by atoms with Crippen LogP contribution in [0.15, 0.2) is 11.6 Å². The minimum Gasteiger partial charge on any atom is -0.393 e. The van der Waals surface area contributed by atoms with Gasteiger partial charge in [-0.25, -0.2) is 0 Å². The van der Waals surface area contributed by atoms with Crippen molar-refractivity contribution in [2.45, 2.75) is 76.1 Å². The van der Waals surface area contributed by atoms with Crippen LogP contribution in [0, 0.1) is 39.9 Å². The van der Waals surface area contributed by atoms with E-state index in [0.717, 1.165) is 32.1 Å². The van der Waals surface area contributed by atoms with Crippen LogP contribution in [0.3, 0.4) is 0 Å². The Labute approximate surface area is 167 Å². The van der Waals surface area contributed by atoms with E-state index in [1.165, 1.54) is 5.57 Å². The van der Waals surface area contributed by atoms with Gasteiger partial charge >= 0.3 is 0 Å². The number of allylic oxidation sites excluding steroid dienone is 1. The molecule has 1 N–H and O–H groups in total. The molecule has 4 fully saturated rings. The maximum absolute atomic E-state index is 12.0. The molecule has 5 aliphatic rings. The summed E-state index contributed by atoms with van der Waals surface area (Å²) < 4.78 is 11.6. The SMILES string of the molecule is COCC1(C#N)O[C@@]12CC[C@H]1[C@@H]3CCC4=CC(=O)CC[C@]4(C)[C@H]3[C@@H](O)C[C@@]12C. The van der Waals surface area contributed by atoms with Crippen LogP contribution >= 0.6 is 0 Å². The smallest absolute Gasteiger partial charge is 0.207 e. The van der Waals surface area contributed by atoms with Crippen LogP contribution in [0.1, 0.15) is 58.8 Å². The van der Waals surface area contributed by atoms with E-state index in [9.17, 15) is 15.2 Å². The molecule has 0 amide bonds. The molecule has 1 spiro atoms. The summed E-state index contributed by atoms with van der Waals surface area (Å²) in [5, 5.41) is 21.3. The predicted molar refractivity (Wildman–Crippen MR) is 102 cm³/mol. The van der Waals surface area contributed by atoms with Crippen LogP contribution < -0.4 is 0 Å². The van der Waals surface area contributed by atoms with E-state index in [1.807, 2.05) is 6.08 Å². The van der Waals surface area contributed by atoms with Gasteiger partial charge in [-0.05, 0) is 67.8 Å². The van der Waals surface area contributed by atoms with E-state index in [0.29, 0.717) is 31.3 Å². The van der Waals surface area contributed by atoms with Gasteiger partial charge in [-0.15, -0.1) is 0 Å². The Balaban J connectivity index is 1.52. The van der Waals surface area contributed by atoms with Gasteiger partial charge in [-0.3, -0.25) is 4.79 Å². The van der Waals surface area contributed by atoms with Crippen molar-refractivity contribution in [3.8, 4) is 6.07 Å². The van der Waals surface area contributed by atoms with E-state index in [4.69, 9.17) is 9.47 Å². The van der Waals surface area contributed by atoms with Crippen LogP contribution in [-0.4, -0.2) is 41.9 Å². The highest BCUT2D eigenvalue weighted by atomic mass is 16.7. The van der Waals surface area contributed by atoms with Gasteiger partial charge in [0, 0.05) is 18.9 Å². The number of ether oxygens (including phenoxy) is 2. The van der Waals surface area contributed by atoms with E-state index in [-0.39, 0.29) is 22.5 Å². The first-order chi connectivity index (χ1) is 13.3. The molecule has 1 heterocycles. The molecule has 5 rings (SSSR count). The van der Waals surface area contributed by atoms with Crippen LogP contribution in [0.4, 0.5) is 0 Å². The van der Waals surface area contributed by atoms with Gasteiger partial charge in [0.2, 0.25) is 5.60 Å². The third kappa shape index (κ3) is 2.00. The summed E-state index contributed by atoms with van der Waals surface area (Å²) in [7, 11) is 1.62. The lowest BCUT2D eigenvalue weighted by atomic mass is 9.45. The molecule has 0 aromatic heterocycles. The molecule has 1 aliphatic heterocycles. The summed E-state index contributed by atoms with van der Waals surface area (Å²) >= 11 is 0. The second-order valence-electron chi connectivity index (χ2n) is 10.4. The number of epoxide rings is 1. The van der Waals surface area contributed by atoms with Gasteiger partial charge in [0.05, 0.1) is 12.7 Å². The molecule has 0 radical (unpaired) electrons. The highest BCUT2D eigenvalue weighted by Crippen LogP contribution is 2.75. The standard InChI is InChI=1S/C23H31NO4/c1-20-8-6-15(25)10-14(20)4-5-16-17-7-9-23(22(12-24,28-23)13-27-3)21(17,2)11-18(26)19(16)20/h10,16-19,26H,4-9,11,13H2,1-3H3/t16-,17-,18-,19+,20-,21-,22?,23+/m0/s1. The molecule has 1 unspecified atom stereocenters. The van der Waals surface area contributed by atoms with Gasteiger partial charge < -0.3 is 14.6 Å². The van der Waals surface area contributed by atoms with Crippen molar-refractivity contribution in [1.82, 2.24) is 0 Å². The summed E-state index contributed by atoms with van der Waals surface area (Å²) in [6, 6.07) is 2.41. The number of aliphatic hydroxyl groups excluding tert-OH is 1. The first-order valence-electron chi connectivity index (χ1n) is 10.8. The minimum atomic E-state index is -0.862. The average Bonchev–Trinajstić information content (AvgIpc) is 3.21. The molecule has 3 saturated carbocycles. The minimum absolute atomic E-state index is 0.0728. The zero-order valence-electron chi connectivity index (χ0n) is 17.2. The fourth-order valence-electron chi connectivity index (χ4n) is 8.27. The zero-order valence-corrected chi connectivity index (χ0v) is 17.2. The van der Waals surface area contributed by atoms with Crippen molar-refractivity contribution < 1.29 is 19.4 Å². The predicted octanol–water partition coefficient (Wildman–Crippen LogP) is 3.17. The number of nitrogens with zero attached hydrogens (tertiary/aromatic N) is 1. The molecule has 0 bridgehead atoms. The van der Waals surface area contributed by atoms with E-state index < -0.39 is 17.3 Å². The number of ketones is 1. The van der Waals surface area contributed by atoms with Crippen molar-refractivity contribution in [2.75, 3.05) is 13.7 Å². The number of aliphatic hydroxyl groups is 1. The van der Waals surface area contributed by atoms with Crippen LogP contribution in [0.2, 0.25) is 0 Å². The van der Waals surface area contributed by atoms with Crippen molar-refractivity contribution in [3.63, 3.8) is 0 Å². The van der Waals surface area contributed by atoms with E-state index in [1.54, 1.807) is 7.11 Å². The molecule has 28 heavy (non-hydrogen) atoms. The Morgan fingerprint density at radius 3 is 2.82 bits per heavy atom. The second-order valence-corrected chi connectivity index (χ2v) is 10.4. The van der Waals surface area contributed by atoms with Gasteiger partial charge in [0.15, 0.2) is 5.78 Å². The summed E-state index contributed by atoms with van der Waals surface area (Å²) in [6.07, 6.45) is 7.47. The Bertz CT molecular complexity index is 801. The van der Waals surface area contributed by atoms with Gasteiger partial charge in [0.25, 0.3) is 0 Å². The lowest BCUT2D eigenvalue weighted by Gasteiger charge is -2.59. The Morgan fingerprint density at radius 2 is 2.11 bits per heavy atom. The Hall–Kier alpha value is -1.22. The Kier molecular flexibility index (Phi) is 3.81. The van der Waals surface area contributed by atoms with E-state index >= 15 is 0 Å². The fourth-order valence-corrected chi connectivity index (χ4v) is 8.27. The molecule has 0 aromatic carbocycles. The molecule has 5 heteroatoms. The maximum atomic E-state index is 12.0. The summed E-state index contributed by atoms with van der Waals surface area (Å²) in [5.74, 6) is 1.31. The Morgan fingerprint density at radius 1 is 1.32 bits per heavy atom. The molecule has 8 atom stereocenters. The number of carbonyl (C=O) groups excluding carboxylic acids is 1. The van der Waals surface area contributed by atoms with Crippen molar-refractivity contribution in [1.29, 1.82) is 5.26 Å². The fraction of sp³-hybridized carbons (Fsp3) is 0.826. The lowest BCUT2D eigenvalue weighted by molar-refractivity contribution is -0.136. The third-order valence-electron chi connectivity index (χ3n) is 9.50. The molecule has 0 aromatic rings. The quantitative estimate of drug-likeness (QED) is 0.738. The molecule has 1 saturated heterocycles. The molecule has 4 aliphatic carbocycles. The van der Waals surface area contributed by atoms with Gasteiger partial charge in [-0.1, -0.05) is 19.4 Å². The molecular weight excluding hydrogens is 354 g/mol. The normalized spacial score (nSPS) is 54.4. The second kappa shape index (κ2) is 5.68. The molecule has 5 nitrogen and oxygen atoms in total. The lowest BCUT2D eigenvalue weighted by Crippen LogP contribution is -2.58. The highest BCUT2D eigenvalue weighted by molar-refractivity contribution is 5.91. The number of hydrogen-bond acceptors (Lipinski definition) is 5. The largest absolute Gasteiger partial charge is 0.393 e. The number of hydrogen-bond donors (Lipinski definition) is 1. The number of nitriles is 1. The first kappa shape index (κ1) is 18.8. The summed E-state index contributed by atoms with van der Waals surface area (Å²) in [4.78, 5) is 12.0. The maximum Gasteiger partial charge on any atom is 0.207 e. The number of methoxy groups -OCH3 is 1. The van der Waals surface area contributed by atoms with Gasteiger partial charge in [0.1, 0.15) is 11.7 Å². The topological polar surface area (TPSA) is 82.8 Å². The summed E-state index contributed by atoms with van der Waals surface area (Å²) in [6.45, 7) is 4.82. The van der Waals surface area contributed by atoms with Crippen molar-refractivity contribution in [3.05, 3.63) is 11.6 Å². The van der Waals surface area contributed by atoms with E-state index in [2.05, 4.69) is 19.9 Å². The zero-order chi connectivity index (χ0) is 19.9. The average molecular weight is 386 g/mol. The molecular formula is C23H31NO4. The van der Waals surface area contributed by atoms with Gasteiger partial charge in [-0.2, -0.15) is 5.26 Å². The number of rotatable bonds is 2. The van der Waals surface area contributed by atoms with Crippen molar-refractivity contribution >= 4 is 5.78 Å². The number of fused-ring (bicyclic) bond motifs is 6. The first-order valence-corrected chi connectivity index (χ1v) is 10.8. The van der Waals surface area contributed by atoms with Crippen molar-refractivity contribution in [2.24, 2.45) is 28.6 Å².